The van der Waals surface area contributed by atoms with Gasteiger partial charge in [-0.3, -0.25) is 14.8 Å². The standard InChI is InChI=1S/C20H21N3O8S/c1-32(27,28)23-15-7-3-2-6-14(15)19(25)30-12-18(24)22-20(26)21-10-13-11-29-16-8-4-5-9-17(16)31-13/h2-9,13,23H,10-12H2,1H3,(H2,21,22,24,26). The van der Waals surface area contributed by atoms with E-state index in [-0.39, 0.29) is 24.4 Å². The van der Waals surface area contributed by atoms with Gasteiger partial charge in [-0.2, -0.15) is 0 Å². The molecule has 0 fully saturated rings. The fourth-order valence-corrected chi connectivity index (χ4v) is 3.31. The summed E-state index contributed by atoms with van der Waals surface area (Å²) in [5, 5.41) is 4.50. The van der Waals surface area contributed by atoms with Gasteiger partial charge in [0.1, 0.15) is 6.61 Å². The number of esters is 1. The van der Waals surface area contributed by atoms with Gasteiger partial charge in [-0.15, -0.1) is 0 Å². The van der Waals surface area contributed by atoms with Gasteiger partial charge in [0.25, 0.3) is 5.91 Å². The molecule has 1 atom stereocenters. The topological polar surface area (TPSA) is 149 Å². The Morgan fingerprint density at radius 3 is 2.50 bits per heavy atom. The number of para-hydroxylation sites is 3. The molecular weight excluding hydrogens is 442 g/mol. The average Bonchev–Trinajstić information content (AvgIpc) is 2.75. The lowest BCUT2D eigenvalue weighted by Crippen LogP contribution is -2.46. The molecule has 0 saturated carbocycles. The zero-order valence-corrected chi connectivity index (χ0v) is 17.8. The number of carbonyl (C=O) groups excluding carboxylic acids is 3. The van der Waals surface area contributed by atoms with Crippen LogP contribution in [0.2, 0.25) is 0 Å². The smallest absolute Gasteiger partial charge is 0.340 e. The first kappa shape index (κ1) is 22.9. The van der Waals surface area contributed by atoms with Crippen molar-refractivity contribution in [3.05, 3.63) is 54.1 Å². The quantitative estimate of drug-likeness (QED) is 0.513. The highest BCUT2D eigenvalue weighted by molar-refractivity contribution is 7.92. The Balaban J connectivity index is 1.43. The molecule has 2 aromatic rings. The Labute approximate surface area is 184 Å². The molecule has 12 heteroatoms. The SMILES string of the molecule is CS(=O)(=O)Nc1ccccc1C(=O)OCC(=O)NC(=O)NCC1COc2ccccc2O1. The predicted molar refractivity (Wildman–Crippen MR) is 113 cm³/mol. The number of benzene rings is 2. The minimum absolute atomic E-state index is 0.00873. The molecule has 3 N–H and O–H groups in total. The van der Waals surface area contributed by atoms with Crippen molar-refractivity contribution < 1.29 is 37.0 Å². The average molecular weight is 463 g/mol. The van der Waals surface area contributed by atoms with Crippen molar-refractivity contribution in [1.82, 2.24) is 10.6 Å². The largest absolute Gasteiger partial charge is 0.486 e. The van der Waals surface area contributed by atoms with Crippen molar-refractivity contribution in [2.75, 3.05) is 30.7 Å². The summed E-state index contributed by atoms with van der Waals surface area (Å²) < 4.78 is 41.1. The zero-order valence-electron chi connectivity index (χ0n) is 17.0. The van der Waals surface area contributed by atoms with Crippen LogP contribution in [0.4, 0.5) is 10.5 Å². The molecule has 32 heavy (non-hydrogen) atoms. The molecular formula is C20H21N3O8S. The third-order valence-electron chi connectivity index (χ3n) is 4.09. The number of hydrogen-bond donors (Lipinski definition) is 3. The maximum absolute atomic E-state index is 12.2. The number of nitrogens with one attached hydrogen (secondary N) is 3. The minimum Gasteiger partial charge on any atom is -0.486 e. The van der Waals surface area contributed by atoms with E-state index < -0.39 is 40.6 Å². The Morgan fingerprint density at radius 1 is 1.06 bits per heavy atom. The van der Waals surface area contributed by atoms with Crippen LogP contribution < -0.4 is 24.8 Å². The summed E-state index contributed by atoms with van der Waals surface area (Å²) in [5.74, 6) is -0.632. The van der Waals surface area contributed by atoms with E-state index in [1.807, 2.05) is 11.4 Å². The molecule has 170 valence electrons. The van der Waals surface area contributed by atoms with E-state index in [1.54, 1.807) is 18.2 Å². The minimum atomic E-state index is -3.62. The molecule has 2 aromatic carbocycles. The number of carbonyl (C=O) groups is 3. The van der Waals surface area contributed by atoms with Crippen LogP contribution in [0.15, 0.2) is 48.5 Å². The molecule has 11 nitrogen and oxygen atoms in total. The molecule has 0 spiro atoms. The number of ether oxygens (including phenoxy) is 3. The van der Waals surface area contributed by atoms with Gasteiger partial charge in [0.15, 0.2) is 24.2 Å². The normalized spacial score (nSPS) is 14.7. The van der Waals surface area contributed by atoms with Gasteiger partial charge in [0, 0.05) is 0 Å². The van der Waals surface area contributed by atoms with Crippen LogP contribution in [0.5, 0.6) is 11.5 Å². The lowest BCUT2D eigenvalue weighted by molar-refractivity contribution is -0.123. The molecule has 0 aromatic heterocycles. The molecule has 0 radical (unpaired) electrons. The molecule has 3 rings (SSSR count). The maximum atomic E-state index is 12.2. The van der Waals surface area contributed by atoms with Crippen LogP contribution in [0.25, 0.3) is 0 Å². The molecule has 1 aliphatic heterocycles. The van der Waals surface area contributed by atoms with Gasteiger partial charge < -0.3 is 19.5 Å². The predicted octanol–water partition coefficient (Wildman–Crippen LogP) is 0.881. The number of rotatable bonds is 7. The zero-order chi connectivity index (χ0) is 23.1. The van der Waals surface area contributed by atoms with E-state index in [1.165, 1.54) is 24.3 Å². The van der Waals surface area contributed by atoms with Crippen molar-refractivity contribution in [2.45, 2.75) is 6.10 Å². The molecule has 0 aliphatic carbocycles. The number of hydrogen-bond acceptors (Lipinski definition) is 8. The number of urea groups is 1. The number of amides is 3. The van der Waals surface area contributed by atoms with Crippen molar-refractivity contribution in [1.29, 1.82) is 0 Å². The molecule has 1 heterocycles. The first-order valence-corrected chi connectivity index (χ1v) is 11.3. The maximum Gasteiger partial charge on any atom is 0.340 e. The Kier molecular flexibility index (Phi) is 7.15. The van der Waals surface area contributed by atoms with E-state index in [0.29, 0.717) is 11.5 Å². The van der Waals surface area contributed by atoms with Gasteiger partial charge in [0.2, 0.25) is 10.0 Å². The van der Waals surface area contributed by atoms with Crippen molar-refractivity contribution >= 4 is 33.6 Å². The Morgan fingerprint density at radius 2 is 1.75 bits per heavy atom. The third-order valence-corrected chi connectivity index (χ3v) is 4.68. The lowest BCUT2D eigenvalue weighted by atomic mass is 10.2. The highest BCUT2D eigenvalue weighted by atomic mass is 32.2. The molecule has 1 unspecified atom stereocenters. The van der Waals surface area contributed by atoms with Crippen LogP contribution in [-0.2, 0) is 19.6 Å². The fraction of sp³-hybridized carbons (Fsp3) is 0.250. The highest BCUT2D eigenvalue weighted by Crippen LogP contribution is 2.30. The van der Waals surface area contributed by atoms with E-state index in [2.05, 4.69) is 10.0 Å². The highest BCUT2D eigenvalue weighted by Gasteiger charge is 2.22. The number of sulfonamides is 1. The summed E-state index contributed by atoms with van der Waals surface area (Å²) in [6.45, 7) is -0.433. The summed E-state index contributed by atoms with van der Waals surface area (Å²) in [4.78, 5) is 36.0. The van der Waals surface area contributed by atoms with E-state index >= 15 is 0 Å². The van der Waals surface area contributed by atoms with Crippen molar-refractivity contribution in [3.63, 3.8) is 0 Å². The first-order chi connectivity index (χ1) is 15.2. The van der Waals surface area contributed by atoms with Gasteiger partial charge in [-0.05, 0) is 24.3 Å². The van der Waals surface area contributed by atoms with Crippen LogP contribution in [0.3, 0.4) is 0 Å². The summed E-state index contributed by atoms with van der Waals surface area (Å²) in [7, 11) is -3.62. The van der Waals surface area contributed by atoms with Gasteiger partial charge in [-0.25, -0.2) is 18.0 Å². The Hall–Kier alpha value is -3.80. The monoisotopic (exact) mass is 463 g/mol. The van der Waals surface area contributed by atoms with Crippen LogP contribution in [0.1, 0.15) is 10.4 Å². The number of fused-ring (bicyclic) bond motifs is 1. The summed E-state index contributed by atoms with van der Waals surface area (Å²) in [6.07, 6.45) is 0.493. The molecule has 0 bridgehead atoms. The van der Waals surface area contributed by atoms with Crippen LogP contribution >= 0.6 is 0 Å². The van der Waals surface area contributed by atoms with Crippen molar-refractivity contribution in [3.8, 4) is 11.5 Å². The van der Waals surface area contributed by atoms with E-state index in [0.717, 1.165) is 6.26 Å². The second-order valence-electron chi connectivity index (χ2n) is 6.75. The number of imide groups is 1. The van der Waals surface area contributed by atoms with Gasteiger partial charge >= 0.3 is 12.0 Å². The molecule has 3 amide bonds. The summed E-state index contributed by atoms with van der Waals surface area (Å²) in [6, 6.07) is 12.1. The van der Waals surface area contributed by atoms with E-state index in [4.69, 9.17) is 14.2 Å². The summed E-state index contributed by atoms with van der Waals surface area (Å²) in [5.41, 5.74) is -0.0701. The first-order valence-electron chi connectivity index (χ1n) is 9.41. The van der Waals surface area contributed by atoms with Crippen LogP contribution in [0, 0.1) is 0 Å². The molecule has 1 aliphatic rings. The third kappa shape index (κ3) is 6.60. The molecule has 0 saturated heterocycles. The second kappa shape index (κ2) is 10.0. The summed E-state index contributed by atoms with van der Waals surface area (Å²) >= 11 is 0. The second-order valence-corrected chi connectivity index (χ2v) is 8.50. The van der Waals surface area contributed by atoms with Crippen molar-refractivity contribution in [2.24, 2.45) is 0 Å². The lowest BCUT2D eigenvalue weighted by Gasteiger charge is -2.26. The Bertz CT molecular complexity index is 1120. The van der Waals surface area contributed by atoms with Gasteiger partial charge in [0.05, 0.1) is 24.1 Å². The van der Waals surface area contributed by atoms with E-state index in [9.17, 15) is 22.8 Å². The fourth-order valence-electron chi connectivity index (χ4n) is 2.74. The number of anilines is 1. The van der Waals surface area contributed by atoms with Crippen LogP contribution in [-0.4, -0.2) is 58.4 Å². The van der Waals surface area contributed by atoms with Gasteiger partial charge in [-0.1, -0.05) is 24.3 Å².